The van der Waals surface area contributed by atoms with E-state index in [0.29, 0.717) is 11.2 Å². The molecule has 2 aromatic heterocycles. The van der Waals surface area contributed by atoms with Gasteiger partial charge in [0.2, 0.25) is 0 Å². The van der Waals surface area contributed by atoms with E-state index in [1.165, 1.54) is 7.11 Å². The van der Waals surface area contributed by atoms with Crippen LogP contribution in [0.15, 0.2) is 30.5 Å². The highest BCUT2D eigenvalue weighted by atomic mass is 16.5. The number of carbonyl (C=O) groups excluding carboxylic acids is 1. The third kappa shape index (κ3) is 1.12. The number of aromatic hydroxyl groups is 1. The van der Waals surface area contributed by atoms with Gasteiger partial charge in [-0.25, -0.2) is 4.79 Å². The van der Waals surface area contributed by atoms with Gasteiger partial charge in [0, 0.05) is 6.20 Å². The highest BCUT2D eigenvalue weighted by Gasteiger charge is 2.11. The molecule has 2 rings (SSSR count). The summed E-state index contributed by atoms with van der Waals surface area (Å²) < 4.78 is 6.19. The van der Waals surface area contributed by atoms with Crippen LogP contribution in [0, 0.1) is 0 Å². The Morgan fingerprint density at radius 2 is 2.21 bits per heavy atom. The molecule has 0 aromatic carbocycles. The van der Waals surface area contributed by atoms with Crippen molar-refractivity contribution in [3.63, 3.8) is 0 Å². The van der Waals surface area contributed by atoms with Crippen molar-refractivity contribution in [2.45, 2.75) is 0 Å². The van der Waals surface area contributed by atoms with E-state index in [1.54, 1.807) is 34.9 Å². The van der Waals surface area contributed by atoms with Gasteiger partial charge >= 0.3 is 5.97 Å². The number of pyridine rings is 1. The number of ether oxygens (including phenoxy) is 1. The Labute approximate surface area is 80.3 Å². The lowest BCUT2D eigenvalue weighted by Gasteiger charge is -2.01. The maximum absolute atomic E-state index is 11.3. The van der Waals surface area contributed by atoms with Gasteiger partial charge < -0.3 is 14.2 Å². The minimum atomic E-state index is -0.421. The topological polar surface area (TPSA) is 50.9 Å². The molecule has 0 saturated carbocycles. The van der Waals surface area contributed by atoms with E-state index < -0.39 is 5.97 Å². The lowest BCUT2D eigenvalue weighted by atomic mass is 10.4. The van der Waals surface area contributed by atoms with Crippen molar-refractivity contribution < 1.29 is 14.6 Å². The minimum Gasteiger partial charge on any atom is -0.506 e. The molecule has 0 unspecified atom stereocenters. The van der Waals surface area contributed by atoms with Crippen molar-refractivity contribution in [2.75, 3.05) is 7.11 Å². The first-order valence-corrected chi connectivity index (χ1v) is 4.11. The van der Waals surface area contributed by atoms with Gasteiger partial charge in [-0.3, -0.25) is 0 Å². The molecule has 2 heterocycles. The van der Waals surface area contributed by atoms with Crippen LogP contribution >= 0.6 is 0 Å². The zero-order valence-corrected chi connectivity index (χ0v) is 7.60. The van der Waals surface area contributed by atoms with Crippen molar-refractivity contribution in [1.29, 1.82) is 0 Å². The smallest absolute Gasteiger partial charge is 0.355 e. The Morgan fingerprint density at radius 3 is 2.93 bits per heavy atom. The van der Waals surface area contributed by atoms with Crippen molar-refractivity contribution in [3.8, 4) is 5.75 Å². The Bertz CT molecular complexity index is 487. The highest BCUT2D eigenvalue weighted by Crippen LogP contribution is 2.20. The monoisotopic (exact) mass is 191 g/mol. The Morgan fingerprint density at radius 1 is 1.43 bits per heavy atom. The zero-order valence-electron chi connectivity index (χ0n) is 7.60. The summed E-state index contributed by atoms with van der Waals surface area (Å²) in [6, 6.07) is 6.51. The quantitative estimate of drug-likeness (QED) is 0.694. The molecule has 0 aliphatic rings. The molecule has 1 N–H and O–H groups in total. The summed E-state index contributed by atoms with van der Waals surface area (Å²) in [6.07, 6.45) is 1.70. The fourth-order valence-electron chi connectivity index (χ4n) is 1.39. The van der Waals surface area contributed by atoms with Crippen molar-refractivity contribution in [1.82, 2.24) is 4.40 Å². The molecule has 2 aromatic rings. The number of fused-ring (bicyclic) bond motifs is 1. The molecule has 0 amide bonds. The maximum atomic E-state index is 11.3. The van der Waals surface area contributed by atoms with Crippen LogP contribution in [0.25, 0.3) is 5.52 Å². The highest BCUT2D eigenvalue weighted by molar-refractivity contribution is 5.89. The lowest BCUT2D eigenvalue weighted by Crippen LogP contribution is -2.04. The van der Waals surface area contributed by atoms with E-state index in [9.17, 15) is 9.90 Å². The summed E-state index contributed by atoms with van der Waals surface area (Å²) in [5.74, 6) is -0.279. The van der Waals surface area contributed by atoms with Crippen LogP contribution < -0.4 is 0 Å². The molecule has 0 saturated heterocycles. The average molecular weight is 191 g/mol. The third-order valence-corrected chi connectivity index (χ3v) is 2.06. The van der Waals surface area contributed by atoms with Gasteiger partial charge in [0.25, 0.3) is 0 Å². The molecular weight excluding hydrogens is 182 g/mol. The van der Waals surface area contributed by atoms with E-state index in [0.717, 1.165) is 0 Å². The summed E-state index contributed by atoms with van der Waals surface area (Å²) in [7, 11) is 1.32. The van der Waals surface area contributed by atoms with E-state index in [-0.39, 0.29) is 5.75 Å². The Hall–Kier alpha value is -1.97. The van der Waals surface area contributed by atoms with Gasteiger partial charge in [-0.2, -0.15) is 0 Å². The fourth-order valence-corrected chi connectivity index (χ4v) is 1.39. The molecule has 0 fully saturated rings. The van der Waals surface area contributed by atoms with Crippen molar-refractivity contribution in [2.24, 2.45) is 0 Å². The van der Waals surface area contributed by atoms with Gasteiger partial charge in [-0.1, -0.05) is 0 Å². The van der Waals surface area contributed by atoms with E-state index >= 15 is 0 Å². The first-order chi connectivity index (χ1) is 6.74. The molecule has 0 spiro atoms. The van der Waals surface area contributed by atoms with Crippen LogP contribution in [-0.2, 0) is 4.74 Å². The number of carbonyl (C=O) groups is 1. The van der Waals surface area contributed by atoms with Crippen molar-refractivity contribution >= 4 is 11.5 Å². The number of nitrogens with zero attached hydrogens (tertiary/aromatic N) is 1. The molecule has 0 aliphatic heterocycles. The number of hydrogen-bond donors (Lipinski definition) is 1. The number of hydrogen-bond acceptors (Lipinski definition) is 3. The molecule has 72 valence electrons. The number of esters is 1. The summed E-state index contributed by atoms with van der Waals surface area (Å²) in [4.78, 5) is 11.3. The maximum Gasteiger partial charge on any atom is 0.355 e. The molecule has 14 heavy (non-hydrogen) atoms. The summed E-state index contributed by atoms with van der Waals surface area (Å²) >= 11 is 0. The third-order valence-electron chi connectivity index (χ3n) is 2.06. The van der Waals surface area contributed by atoms with Gasteiger partial charge in [-0.05, 0) is 24.3 Å². The number of aromatic nitrogens is 1. The summed E-state index contributed by atoms with van der Waals surface area (Å²) in [5, 5.41) is 9.47. The fraction of sp³-hybridized carbons (Fsp3) is 0.100. The van der Waals surface area contributed by atoms with Crippen LogP contribution in [0.4, 0.5) is 0 Å². The largest absolute Gasteiger partial charge is 0.506 e. The SMILES string of the molecule is COC(=O)c1ccc2c(O)cccn12. The minimum absolute atomic E-state index is 0.141. The Kier molecular flexibility index (Phi) is 1.89. The average Bonchev–Trinajstić information content (AvgIpc) is 2.62. The van der Waals surface area contributed by atoms with Crippen LogP contribution in [0.2, 0.25) is 0 Å². The molecule has 4 heteroatoms. The predicted molar refractivity (Wildman–Crippen MR) is 50.4 cm³/mol. The summed E-state index contributed by atoms with van der Waals surface area (Å²) in [6.45, 7) is 0. The molecular formula is C10H9NO3. The van der Waals surface area contributed by atoms with Gasteiger partial charge in [0.05, 0.1) is 12.6 Å². The zero-order chi connectivity index (χ0) is 10.1. The lowest BCUT2D eigenvalue weighted by molar-refractivity contribution is 0.0593. The first kappa shape index (κ1) is 8.62. The van der Waals surface area contributed by atoms with Crippen LogP contribution in [0.3, 0.4) is 0 Å². The van der Waals surface area contributed by atoms with E-state index in [1.807, 2.05) is 0 Å². The molecule has 0 bridgehead atoms. The molecule has 0 radical (unpaired) electrons. The normalized spacial score (nSPS) is 10.4. The van der Waals surface area contributed by atoms with E-state index in [4.69, 9.17) is 0 Å². The van der Waals surface area contributed by atoms with Crippen LogP contribution in [0.5, 0.6) is 5.75 Å². The second-order valence-electron chi connectivity index (χ2n) is 2.86. The van der Waals surface area contributed by atoms with Gasteiger partial charge in [-0.15, -0.1) is 0 Å². The van der Waals surface area contributed by atoms with Crippen LogP contribution in [0.1, 0.15) is 10.5 Å². The first-order valence-electron chi connectivity index (χ1n) is 4.11. The summed E-state index contributed by atoms with van der Waals surface area (Å²) in [5.41, 5.74) is 0.992. The van der Waals surface area contributed by atoms with Crippen molar-refractivity contribution in [3.05, 3.63) is 36.2 Å². The van der Waals surface area contributed by atoms with Gasteiger partial charge in [0.15, 0.2) is 0 Å². The second kappa shape index (κ2) is 3.06. The number of rotatable bonds is 1. The van der Waals surface area contributed by atoms with E-state index in [2.05, 4.69) is 4.74 Å². The van der Waals surface area contributed by atoms with Gasteiger partial charge in [0.1, 0.15) is 11.4 Å². The van der Waals surface area contributed by atoms with Crippen LogP contribution in [-0.4, -0.2) is 22.6 Å². The Balaban J connectivity index is 2.70. The standard InChI is InChI=1S/C10H9NO3/c1-14-10(13)8-5-4-7-9(12)3-2-6-11(7)8/h2-6,12H,1H3. The number of methoxy groups -OCH3 is 1. The molecule has 0 atom stereocenters. The molecule has 0 aliphatic carbocycles. The molecule has 4 nitrogen and oxygen atoms in total. The second-order valence-corrected chi connectivity index (χ2v) is 2.86. The predicted octanol–water partition coefficient (Wildman–Crippen LogP) is 1.43.